The van der Waals surface area contributed by atoms with E-state index in [-0.39, 0.29) is 12.6 Å². The van der Waals surface area contributed by atoms with Crippen molar-refractivity contribution < 1.29 is 5.11 Å². The highest BCUT2D eigenvalue weighted by atomic mass is 16.3. The molecule has 0 amide bonds. The lowest BCUT2D eigenvalue weighted by atomic mass is 10.3. The number of aromatic nitrogens is 2. The molecule has 0 aliphatic carbocycles. The SMILES string of the molecule is CCc1nc(N)cc(N(CCO)C(C)C)n1. The fourth-order valence-corrected chi connectivity index (χ4v) is 1.55. The van der Waals surface area contributed by atoms with Gasteiger partial charge in [-0.15, -0.1) is 0 Å². The zero-order valence-electron chi connectivity index (χ0n) is 10.1. The Balaban J connectivity index is 3.03. The second-order valence-corrected chi connectivity index (χ2v) is 3.93. The van der Waals surface area contributed by atoms with E-state index in [1.165, 1.54) is 0 Å². The highest BCUT2D eigenvalue weighted by molar-refractivity contribution is 5.47. The minimum atomic E-state index is 0.101. The van der Waals surface area contributed by atoms with E-state index in [4.69, 9.17) is 10.8 Å². The van der Waals surface area contributed by atoms with Crippen molar-refractivity contribution in [3.8, 4) is 0 Å². The number of nitrogens with zero attached hydrogens (tertiary/aromatic N) is 3. The van der Waals surface area contributed by atoms with Crippen LogP contribution in [-0.4, -0.2) is 34.3 Å². The molecule has 1 heterocycles. The molecule has 0 spiro atoms. The van der Waals surface area contributed by atoms with Crippen molar-refractivity contribution in [3.05, 3.63) is 11.9 Å². The normalized spacial score (nSPS) is 10.8. The number of rotatable bonds is 5. The summed E-state index contributed by atoms with van der Waals surface area (Å²) in [5.41, 5.74) is 5.73. The minimum absolute atomic E-state index is 0.101. The molecular weight excluding hydrogens is 204 g/mol. The van der Waals surface area contributed by atoms with Crippen molar-refractivity contribution in [2.45, 2.75) is 33.2 Å². The number of anilines is 2. The van der Waals surface area contributed by atoms with Crippen LogP contribution in [0.15, 0.2) is 6.07 Å². The van der Waals surface area contributed by atoms with Crippen LogP contribution in [-0.2, 0) is 6.42 Å². The van der Waals surface area contributed by atoms with E-state index in [0.717, 1.165) is 18.1 Å². The molecule has 0 aromatic carbocycles. The first-order valence-electron chi connectivity index (χ1n) is 5.59. The Kier molecular flexibility index (Phi) is 4.49. The first kappa shape index (κ1) is 12.7. The summed E-state index contributed by atoms with van der Waals surface area (Å²) in [4.78, 5) is 10.6. The Labute approximate surface area is 96.3 Å². The number of hydrogen-bond acceptors (Lipinski definition) is 5. The third-order valence-corrected chi connectivity index (χ3v) is 2.35. The average Bonchev–Trinajstić information content (AvgIpc) is 2.24. The van der Waals surface area contributed by atoms with Crippen molar-refractivity contribution in [1.29, 1.82) is 0 Å². The van der Waals surface area contributed by atoms with Gasteiger partial charge in [0.15, 0.2) is 0 Å². The van der Waals surface area contributed by atoms with E-state index in [0.29, 0.717) is 12.4 Å². The Morgan fingerprint density at radius 1 is 1.44 bits per heavy atom. The Bertz CT molecular complexity index is 341. The molecule has 0 saturated carbocycles. The van der Waals surface area contributed by atoms with E-state index in [1.807, 2.05) is 11.8 Å². The van der Waals surface area contributed by atoms with Gasteiger partial charge in [0.2, 0.25) is 0 Å². The van der Waals surface area contributed by atoms with Crippen LogP contribution in [0.1, 0.15) is 26.6 Å². The van der Waals surface area contributed by atoms with Crippen LogP contribution in [0.4, 0.5) is 11.6 Å². The van der Waals surface area contributed by atoms with Gasteiger partial charge in [-0.05, 0) is 13.8 Å². The van der Waals surface area contributed by atoms with E-state index < -0.39 is 0 Å². The third kappa shape index (κ3) is 3.06. The number of aliphatic hydroxyl groups is 1. The molecule has 5 heteroatoms. The highest BCUT2D eigenvalue weighted by Gasteiger charge is 2.13. The molecule has 0 radical (unpaired) electrons. The van der Waals surface area contributed by atoms with Gasteiger partial charge in [0, 0.05) is 25.1 Å². The van der Waals surface area contributed by atoms with Gasteiger partial charge in [-0.1, -0.05) is 6.92 Å². The fourth-order valence-electron chi connectivity index (χ4n) is 1.55. The largest absolute Gasteiger partial charge is 0.395 e. The second kappa shape index (κ2) is 5.65. The lowest BCUT2D eigenvalue weighted by Crippen LogP contribution is -2.34. The fraction of sp³-hybridized carbons (Fsp3) is 0.636. The predicted molar refractivity (Wildman–Crippen MR) is 65.4 cm³/mol. The van der Waals surface area contributed by atoms with Crippen LogP contribution < -0.4 is 10.6 Å². The molecule has 3 N–H and O–H groups in total. The molecule has 16 heavy (non-hydrogen) atoms. The standard InChI is InChI=1S/C11H20N4O/c1-4-10-13-9(12)7-11(14-10)15(5-6-16)8(2)3/h7-8,16H,4-6H2,1-3H3,(H2,12,13,14). The summed E-state index contributed by atoms with van der Waals surface area (Å²) < 4.78 is 0. The Hall–Kier alpha value is -1.36. The summed E-state index contributed by atoms with van der Waals surface area (Å²) in [5, 5.41) is 9.03. The van der Waals surface area contributed by atoms with Crippen LogP contribution in [0, 0.1) is 0 Å². The maximum absolute atomic E-state index is 9.03. The van der Waals surface area contributed by atoms with Crippen LogP contribution in [0.2, 0.25) is 0 Å². The van der Waals surface area contributed by atoms with E-state index in [1.54, 1.807) is 6.07 Å². The van der Waals surface area contributed by atoms with E-state index in [9.17, 15) is 0 Å². The summed E-state index contributed by atoms with van der Waals surface area (Å²) in [5.74, 6) is 2.00. The van der Waals surface area contributed by atoms with Gasteiger partial charge in [0.05, 0.1) is 6.61 Å². The average molecular weight is 224 g/mol. The molecule has 90 valence electrons. The molecule has 1 rings (SSSR count). The first-order valence-corrected chi connectivity index (χ1v) is 5.59. The summed E-state index contributed by atoms with van der Waals surface area (Å²) in [6.45, 7) is 6.75. The summed E-state index contributed by atoms with van der Waals surface area (Å²) >= 11 is 0. The van der Waals surface area contributed by atoms with Crippen molar-refractivity contribution >= 4 is 11.6 Å². The van der Waals surface area contributed by atoms with Gasteiger partial charge in [-0.3, -0.25) is 0 Å². The smallest absolute Gasteiger partial charge is 0.134 e. The highest BCUT2D eigenvalue weighted by Crippen LogP contribution is 2.16. The van der Waals surface area contributed by atoms with Crippen LogP contribution in [0.3, 0.4) is 0 Å². The van der Waals surface area contributed by atoms with Gasteiger partial charge in [-0.2, -0.15) is 0 Å². The molecule has 1 aromatic heterocycles. The number of nitrogens with two attached hydrogens (primary N) is 1. The van der Waals surface area contributed by atoms with Crippen molar-refractivity contribution in [3.63, 3.8) is 0 Å². The second-order valence-electron chi connectivity index (χ2n) is 3.93. The van der Waals surface area contributed by atoms with Gasteiger partial charge in [0.1, 0.15) is 17.5 Å². The topological polar surface area (TPSA) is 75.3 Å². The number of hydrogen-bond donors (Lipinski definition) is 2. The van der Waals surface area contributed by atoms with Crippen molar-refractivity contribution in [2.75, 3.05) is 23.8 Å². The monoisotopic (exact) mass is 224 g/mol. The molecule has 0 atom stereocenters. The zero-order chi connectivity index (χ0) is 12.1. The van der Waals surface area contributed by atoms with Gasteiger partial charge >= 0.3 is 0 Å². The lowest BCUT2D eigenvalue weighted by molar-refractivity contribution is 0.298. The van der Waals surface area contributed by atoms with E-state index in [2.05, 4.69) is 23.8 Å². The van der Waals surface area contributed by atoms with Gasteiger partial charge in [0.25, 0.3) is 0 Å². The number of aryl methyl sites for hydroxylation is 1. The van der Waals surface area contributed by atoms with Gasteiger partial charge in [-0.25, -0.2) is 9.97 Å². The van der Waals surface area contributed by atoms with Crippen LogP contribution in [0.25, 0.3) is 0 Å². The third-order valence-electron chi connectivity index (χ3n) is 2.35. The maximum Gasteiger partial charge on any atom is 0.134 e. The van der Waals surface area contributed by atoms with Crippen molar-refractivity contribution in [1.82, 2.24) is 9.97 Å². The number of aliphatic hydroxyl groups excluding tert-OH is 1. The minimum Gasteiger partial charge on any atom is -0.395 e. The summed E-state index contributed by atoms with van der Waals surface area (Å²) in [7, 11) is 0. The quantitative estimate of drug-likeness (QED) is 0.774. The maximum atomic E-state index is 9.03. The zero-order valence-corrected chi connectivity index (χ0v) is 10.1. The molecule has 5 nitrogen and oxygen atoms in total. The van der Waals surface area contributed by atoms with Crippen molar-refractivity contribution in [2.24, 2.45) is 0 Å². The van der Waals surface area contributed by atoms with E-state index >= 15 is 0 Å². The molecule has 0 bridgehead atoms. The first-order chi connectivity index (χ1) is 7.58. The molecule has 0 aliphatic heterocycles. The molecule has 0 saturated heterocycles. The molecule has 1 aromatic rings. The molecular formula is C11H20N4O. The Morgan fingerprint density at radius 2 is 2.12 bits per heavy atom. The summed E-state index contributed by atoms with van der Waals surface area (Å²) in [6, 6.07) is 2.01. The molecule has 0 aliphatic rings. The van der Waals surface area contributed by atoms with Crippen LogP contribution >= 0.6 is 0 Å². The molecule has 0 fully saturated rings. The molecule has 0 unspecified atom stereocenters. The van der Waals surface area contributed by atoms with Gasteiger partial charge < -0.3 is 15.7 Å². The van der Waals surface area contributed by atoms with Crippen LogP contribution in [0.5, 0.6) is 0 Å². The number of nitrogen functional groups attached to an aromatic ring is 1. The lowest BCUT2D eigenvalue weighted by Gasteiger charge is -2.27. The predicted octanol–water partition coefficient (Wildman–Crippen LogP) is 0.828. The Morgan fingerprint density at radius 3 is 2.62 bits per heavy atom. The summed E-state index contributed by atoms with van der Waals surface area (Å²) in [6.07, 6.45) is 0.753.